The number of methoxy groups -OCH3 is 1. The Kier molecular flexibility index (Phi) is 6.02. The van der Waals surface area contributed by atoms with Gasteiger partial charge < -0.3 is 15.4 Å². The molecule has 0 aliphatic carbocycles. The number of nitrogens with one attached hydrogen (secondary N) is 2. The Balaban J connectivity index is 2.09. The summed E-state index contributed by atoms with van der Waals surface area (Å²) >= 11 is 0. The van der Waals surface area contributed by atoms with Crippen LogP contribution in [0.2, 0.25) is 0 Å². The Hall–Kier alpha value is -1.59. The Morgan fingerprint density at radius 2 is 2.14 bits per heavy atom. The fourth-order valence-corrected chi connectivity index (χ4v) is 2.79. The van der Waals surface area contributed by atoms with E-state index >= 15 is 0 Å². The number of carbonyl (C=O) groups is 1. The summed E-state index contributed by atoms with van der Waals surface area (Å²) in [5.41, 5.74) is 1.20. The van der Waals surface area contributed by atoms with Crippen molar-refractivity contribution in [2.75, 3.05) is 40.3 Å². The second kappa shape index (κ2) is 8.00. The molecule has 1 aromatic rings. The minimum absolute atomic E-state index is 0.0320. The third kappa shape index (κ3) is 4.44. The smallest absolute Gasteiger partial charge is 0.234 e. The number of carbonyl (C=O) groups excluding carboxylic acids is 1. The number of ether oxygens (including phenoxy) is 1. The maximum atomic E-state index is 11.7. The third-order valence-electron chi connectivity index (χ3n) is 3.89. The molecule has 5 heteroatoms. The van der Waals surface area contributed by atoms with Crippen LogP contribution in [0.5, 0.6) is 5.75 Å². The SMILES string of the molecule is CNCC(=O)NCC(c1cccc(OC)c1)N1CCCC1. The molecule has 1 unspecified atom stereocenters. The number of benzene rings is 1. The van der Waals surface area contributed by atoms with Gasteiger partial charge >= 0.3 is 0 Å². The molecule has 1 aromatic carbocycles. The molecule has 0 spiro atoms. The molecule has 1 atom stereocenters. The highest BCUT2D eigenvalue weighted by molar-refractivity contribution is 5.77. The van der Waals surface area contributed by atoms with E-state index < -0.39 is 0 Å². The second-order valence-electron chi connectivity index (χ2n) is 5.37. The van der Waals surface area contributed by atoms with Crippen LogP contribution in [0.15, 0.2) is 24.3 Å². The van der Waals surface area contributed by atoms with Crippen LogP contribution in [0, 0.1) is 0 Å². The molecule has 0 aromatic heterocycles. The van der Waals surface area contributed by atoms with Crippen LogP contribution in [0.4, 0.5) is 0 Å². The van der Waals surface area contributed by atoms with Crippen molar-refractivity contribution in [2.45, 2.75) is 18.9 Å². The second-order valence-corrected chi connectivity index (χ2v) is 5.37. The number of amides is 1. The summed E-state index contributed by atoms with van der Waals surface area (Å²) < 4.78 is 5.32. The lowest BCUT2D eigenvalue weighted by Gasteiger charge is -2.28. The number of hydrogen-bond donors (Lipinski definition) is 2. The molecule has 2 rings (SSSR count). The van der Waals surface area contributed by atoms with Crippen LogP contribution in [0.3, 0.4) is 0 Å². The molecule has 116 valence electrons. The topological polar surface area (TPSA) is 53.6 Å². The van der Waals surface area contributed by atoms with Crippen molar-refractivity contribution in [2.24, 2.45) is 0 Å². The first-order valence-corrected chi connectivity index (χ1v) is 7.54. The lowest BCUT2D eigenvalue weighted by atomic mass is 10.0. The first-order valence-electron chi connectivity index (χ1n) is 7.54. The van der Waals surface area contributed by atoms with Crippen molar-refractivity contribution in [1.82, 2.24) is 15.5 Å². The highest BCUT2D eigenvalue weighted by Crippen LogP contribution is 2.27. The van der Waals surface area contributed by atoms with Crippen LogP contribution in [0.25, 0.3) is 0 Å². The van der Waals surface area contributed by atoms with Crippen molar-refractivity contribution < 1.29 is 9.53 Å². The van der Waals surface area contributed by atoms with Gasteiger partial charge in [0.05, 0.1) is 19.7 Å². The van der Waals surface area contributed by atoms with Gasteiger partial charge in [-0.3, -0.25) is 9.69 Å². The molecular formula is C16H25N3O2. The zero-order chi connectivity index (χ0) is 15.1. The fraction of sp³-hybridized carbons (Fsp3) is 0.562. The van der Waals surface area contributed by atoms with E-state index in [4.69, 9.17) is 4.74 Å². The molecule has 0 saturated carbocycles. The van der Waals surface area contributed by atoms with Gasteiger partial charge in [-0.1, -0.05) is 12.1 Å². The van der Waals surface area contributed by atoms with E-state index in [1.165, 1.54) is 18.4 Å². The van der Waals surface area contributed by atoms with Gasteiger partial charge in [-0.05, 0) is 50.7 Å². The first-order chi connectivity index (χ1) is 10.2. The van der Waals surface area contributed by atoms with Gasteiger partial charge in [-0.2, -0.15) is 0 Å². The molecule has 2 N–H and O–H groups in total. The van der Waals surface area contributed by atoms with Crippen molar-refractivity contribution in [3.05, 3.63) is 29.8 Å². The molecule has 1 amide bonds. The van der Waals surface area contributed by atoms with Gasteiger partial charge in [-0.15, -0.1) is 0 Å². The van der Waals surface area contributed by atoms with Gasteiger partial charge in [0.25, 0.3) is 0 Å². The summed E-state index contributed by atoms with van der Waals surface area (Å²) in [5, 5.41) is 5.89. The van der Waals surface area contributed by atoms with E-state index in [1.54, 1.807) is 14.2 Å². The quantitative estimate of drug-likeness (QED) is 0.792. The van der Waals surface area contributed by atoms with E-state index in [2.05, 4.69) is 27.7 Å². The monoisotopic (exact) mass is 291 g/mol. The molecule has 1 aliphatic rings. The summed E-state index contributed by atoms with van der Waals surface area (Å²) in [5.74, 6) is 0.892. The summed E-state index contributed by atoms with van der Waals surface area (Å²) in [7, 11) is 3.46. The van der Waals surface area contributed by atoms with Gasteiger partial charge in [0, 0.05) is 6.54 Å². The van der Waals surface area contributed by atoms with Crippen molar-refractivity contribution in [1.29, 1.82) is 0 Å². The predicted octanol–water partition coefficient (Wildman–Crippen LogP) is 1.17. The van der Waals surface area contributed by atoms with Gasteiger partial charge in [0.15, 0.2) is 0 Å². The highest BCUT2D eigenvalue weighted by atomic mass is 16.5. The molecule has 1 saturated heterocycles. The molecule has 1 fully saturated rings. The number of rotatable bonds is 7. The van der Waals surface area contributed by atoms with Crippen LogP contribution in [0.1, 0.15) is 24.4 Å². The van der Waals surface area contributed by atoms with E-state index in [-0.39, 0.29) is 11.9 Å². The average molecular weight is 291 g/mol. The standard InChI is InChI=1S/C16H25N3O2/c1-17-12-16(20)18-11-15(19-8-3-4-9-19)13-6-5-7-14(10-13)21-2/h5-7,10,15,17H,3-4,8-9,11-12H2,1-2H3,(H,18,20). The average Bonchev–Trinajstić information content (AvgIpc) is 3.02. The molecule has 5 nitrogen and oxygen atoms in total. The van der Waals surface area contributed by atoms with Crippen molar-refractivity contribution in [3.63, 3.8) is 0 Å². The summed E-state index contributed by atoms with van der Waals surface area (Å²) in [6, 6.07) is 8.34. The maximum Gasteiger partial charge on any atom is 0.234 e. The predicted molar refractivity (Wildman–Crippen MR) is 83.5 cm³/mol. The molecule has 1 aliphatic heterocycles. The lowest BCUT2D eigenvalue weighted by molar-refractivity contribution is -0.120. The van der Waals surface area contributed by atoms with Gasteiger partial charge in [0.1, 0.15) is 5.75 Å². The van der Waals surface area contributed by atoms with Crippen LogP contribution in [-0.4, -0.2) is 51.1 Å². The number of hydrogen-bond acceptors (Lipinski definition) is 4. The van der Waals surface area contributed by atoms with Gasteiger partial charge in [0.2, 0.25) is 5.91 Å². The number of likely N-dealkylation sites (tertiary alicyclic amines) is 1. The molecule has 1 heterocycles. The largest absolute Gasteiger partial charge is 0.497 e. The lowest BCUT2D eigenvalue weighted by Crippen LogP contribution is -2.39. The zero-order valence-corrected chi connectivity index (χ0v) is 12.9. The van der Waals surface area contributed by atoms with E-state index in [1.807, 2.05) is 12.1 Å². The van der Waals surface area contributed by atoms with Crippen LogP contribution < -0.4 is 15.4 Å². The Morgan fingerprint density at radius 3 is 2.81 bits per heavy atom. The third-order valence-corrected chi connectivity index (χ3v) is 3.89. The first kappa shape index (κ1) is 15.8. The Labute approximate surface area is 126 Å². The van der Waals surface area contributed by atoms with Crippen molar-refractivity contribution in [3.8, 4) is 5.75 Å². The van der Waals surface area contributed by atoms with Crippen LogP contribution >= 0.6 is 0 Å². The Bertz CT molecular complexity index is 459. The molecular weight excluding hydrogens is 266 g/mol. The van der Waals surface area contributed by atoms with Gasteiger partial charge in [-0.25, -0.2) is 0 Å². The summed E-state index contributed by atoms with van der Waals surface area (Å²) in [4.78, 5) is 14.1. The molecule has 0 radical (unpaired) electrons. The number of nitrogens with zero attached hydrogens (tertiary/aromatic N) is 1. The van der Waals surface area contributed by atoms with E-state index in [0.717, 1.165) is 18.8 Å². The Morgan fingerprint density at radius 1 is 1.38 bits per heavy atom. The molecule has 21 heavy (non-hydrogen) atoms. The van der Waals surface area contributed by atoms with E-state index in [0.29, 0.717) is 13.1 Å². The zero-order valence-electron chi connectivity index (χ0n) is 12.9. The van der Waals surface area contributed by atoms with Crippen LogP contribution in [-0.2, 0) is 4.79 Å². The van der Waals surface area contributed by atoms with Crippen molar-refractivity contribution >= 4 is 5.91 Å². The normalized spacial score (nSPS) is 16.7. The maximum absolute atomic E-state index is 11.7. The molecule has 0 bridgehead atoms. The summed E-state index contributed by atoms with van der Waals surface area (Å²) in [6.45, 7) is 3.16. The number of likely N-dealkylation sites (N-methyl/N-ethyl adjacent to an activating group) is 1. The highest BCUT2D eigenvalue weighted by Gasteiger charge is 2.24. The minimum atomic E-state index is 0.0320. The summed E-state index contributed by atoms with van der Waals surface area (Å²) in [6.07, 6.45) is 2.45. The minimum Gasteiger partial charge on any atom is -0.497 e. The fourth-order valence-electron chi connectivity index (χ4n) is 2.79. The van der Waals surface area contributed by atoms with E-state index in [9.17, 15) is 4.79 Å².